The summed E-state index contributed by atoms with van der Waals surface area (Å²) in [6.45, 7) is 1.75. The summed E-state index contributed by atoms with van der Waals surface area (Å²) in [7, 11) is 0. The highest BCUT2D eigenvalue weighted by atomic mass is 35.5. The van der Waals surface area contributed by atoms with Gasteiger partial charge in [-0.15, -0.1) is 0 Å². The molecule has 0 aliphatic carbocycles. The van der Waals surface area contributed by atoms with Gasteiger partial charge in [-0.1, -0.05) is 35.1 Å². The monoisotopic (exact) mass is 304 g/mol. The summed E-state index contributed by atoms with van der Waals surface area (Å²) in [4.78, 5) is 4.50. The van der Waals surface area contributed by atoms with Crippen LogP contribution in [0.4, 0.5) is 10.8 Å². The Bertz CT molecular complexity index is 737. The molecule has 0 amide bonds. The number of aliphatic hydroxyl groups excluding tert-OH is 1. The molecule has 0 radical (unpaired) electrons. The molecule has 5 heteroatoms. The van der Waals surface area contributed by atoms with E-state index < -0.39 is 6.10 Å². The van der Waals surface area contributed by atoms with Crippen LogP contribution in [0, 0.1) is 0 Å². The van der Waals surface area contributed by atoms with Crippen molar-refractivity contribution in [3.63, 3.8) is 0 Å². The molecule has 3 rings (SSSR count). The van der Waals surface area contributed by atoms with Gasteiger partial charge < -0.3 is 10.4 Å². The van der Waals surface area contributed by atoms with Crippen molar-refractivity contribution >= 4 is 44.0 Å². The minimum atomic E-state index is -0.450. The number of aromatic nitrogens is 1. The van der Waals surface area contributed by atoms with Crippen LogP contribution >= 0.6 is 22.9 Å². The van der Waals surface area contributed by atoms with Crippen molar-refractivity contribution in [1.82, 2.24) is 4.98 Å². The number of hydrogen-bond acceptors (Lipinski definition) is 4. The maximum atomic E-state index is 9.48. The number of thiazole rings is 1. The number of fused-ring (bicyclic) bond motifs is 1. The van der Waals surface area contributed by atoms with Gasteiger partial charge >= 0.3 is 0 Å². The van der Waals surface area contributed by atoms with Crippen LogP contribution < -0.4 is 5.32 Å². The normalized spacial score (nSPS) is 12.6. The first kappa shape index (κ1) is 13.4. The lowest BCUT2D eigenvalue weighted by Crippen LogP contribution is -1.92. The van der Waals surface area contributed by atoms with Crippen LogP contribution in [0.25, 0.3) is 10.2 Å². The van der Waals surface area contributed by atoms with E-state index in [1.54, 1.807) is 18.3 Å². The predicted octanol–water partition coefficient (Wildman–Crippen LogP) is 4.75. The first-order valence-electron chi connectivity index (χ1n) is 6.23. The number of anilines is 2. The lowest BCUT2D eigenvalue weighted by Gasteiger charge is -2.06. The van der Waals surface area contributed by atoms with Gasteiger partial charge in [-0.2, -0.15) is 0 Å². The number of hydrogen-bond donors (Lipinski definition) is 2. The van der Waals surface area contributed by atoms with Crippen LogP contribution in [0.1, 0.15) is 18.6 Å². The van der Waals surface area contributed by atoms with Crippen molar-refractivity contribution in [3.05, 3.63) is 53.1 Å². The molecule has 0 bridgehead atoms. The van der Waals surface area contributed by atoms with E-state index in [1.165, 1.54) is 0 Å². The lowest BCUT2D eigenvalue weighted by atomic mass is 10.1. The van der Waals surface area contributed by atoms with Gasteiger partial charge in [0.05, 0.1) is 16.3 Å². The van der Waals surface area contributed by atoms with Crippen LogP contribution in [0.15, 0.2) is 42.5 Å². The number of aliphatic hydroxyl groups is 1. The first-order chi connectivity index (χ1) is 9.61. The fourth-order valence-electron chi connectivity index (χ4n) is 1.92. The number of halogens is 1. The zero-order valence-corrected chi connectivity index (χ0v) is 12.4. The molecule has 1 atom stereocenters. The Hall–Kier alpha value is -1.62. The van der Waals surface area contributed by atoms with Gasteiger partial charge in [0, 0.05) is 10.7 Å². The molecule has 0 spiro atoms. The van der Waals surface area contributed by atoms with Crippen molar-refractivity contribution < 1.29 is 5.11 Å². The van der Waals surface area contributed by atoms with Crippen LogP contribution in [0.3, 0.4) is 0 Å². The Morgan fingerprint density at radius 3 is 2.65 bits per heavy atom. The SMILES string of the molecule is C[C@@H](O)c1ccc(Nc2nc3cc(Cl)ccc3s2)cc1. The number of benzene rings is 2. The minimum Gasteiger partial charge on any atom is -0.389 e. The molecule has 0 aliphatic heterocycles. The number of rotatable bonds is 3. The average molecular weight is 305 g/mol. The van der Waals surface area contributed by atoms with Crippen LogP contribution in [-0.2, 0) is 0 Å². The molecule has 1 aromatic heterocycles. The molecule has 2 aromatic carbocycles. The third-order valence-corrected chi connectivity index (χ3v) is 4.18. The highest BCUT2D eigenvalue weighted by molar-refractivity contribution is 7.22. The molecule has 0 fully saturated rings. The summed E-state index contributed by atoms with van der Waals surface area (Å²) in [5.41, 5.74) is 2.73. The van der Waals surface area contributed by atoms with Gasteiger partial charge in [0.25, 0.3) is 0 Å². The minimum absolute atomic E-state index is 0.450. The van der Waals surface area contributed by atoms with E-state index in [9.17, 15) is 5.11 Å². The maximum Gasteiger partial charge on any atom is 0.188 e. The number of nitrogens with one attached hydrogen (secondary N) is 1. The summed E-state index contributed by atoms with van der Waals surface area (Å²) in [6, 6.07) is 13.4. The Labute approximate surface area is 125 Å². The Balaban J connectivity index is 1.85. The van der Waals surface area contributed by atoms with Crippen LogP contribution in [-0.4, -0.2) is 10.1 Å². The molecule has 0 aliphatic rings. The fourth-order valence-corrected chi connectivity index (χ4v) is 2.96. The van der Waals surface area contributed by atoms with Crippen LogP contribution in [0.5, 0.6) is 0 Å². The largest absolute Gasteiger partial charge is 0.389 e. The smallest absolute Gasteiger partial charge is 0.188 e. The molecule has 0 unspecified atom stereocenters. The maximum absolute atomic E-state index is 9.48. The van der Waals surface area contributed by atoms with Crippen molar-refractivity contribution in [2.75, 3.05) is 5.32 Å². The van der Waals surface area contributed by atoms with Gasteiger partial charge in [0.2, 0.25) is 0 Å². The molecule has 0 saturated carbocycles. The summed E-state index contributed by atoms with van der Waals surface area (Å²) >= 11 is 7.54. The topological polar surface area (TPSA) is 45.1 Å². The lowest BCUT2D eigenvalue weighted by molar-refractivity contribution is 0.199. The summed E-state index contributed by atoms with van der Waals surface area (Å²) in [5, 5.41) is 14.3. The van der Waals surface area contributed by atoms with Crippen molar-refractivity contribution in [2.45, 2.75) is 13.0 Å². The molecule has 1 heterocycles. The second kappa shape index (κ2) is 5.40. The second-order valence-electron chi connectivity index (χ2n) is 4.55. The van der Waals surface area contributed by atoms with Crippen LogP contribution in [0.2, 0.25) is 5.02 Å². The molecule has 3 aromatic rings. The van der Waals surface area contributed by atoms with E-state index >= 15 is 0 Å². The molecule has 3 nitrogen and oxygen atoms in total. The Kier molecular flexibility index (Phi) is 3.61. The Morgan fingerprint density at radius 1 is 1.20 bits per heavy atom. The quantitative estimate of drug-likeness (QED) is 0.734. The van der Waals surface area contributed by atoms with E-state index in [-0.39, 0.29) is 0 Å². The van der Waals surface area contributed by atoms with Crippen molar-refractivity contribution in [1.29, 1.82) is 0 Å². The van der Waals surface area contributed by atoms with E-state index in [4.69, 9.17) is 11.6 Å². The molecule has 102 valence electrons. The molecular weight excluding hydrogens is 292 g/mol. The zero-order valence-electron chi connectivity index (χ0n) is 10.8. The van der Waals surface area contributed by atoms with Gasteiger partial charge in [0.1, 0.15) is 0 Å². The average Bonchev–Trinajstić information content (AvgIpc) is 2.80. The van der Waals surface area contributed by atoms with Gasteiger partial charge in [-0.05, 0) is 42.8 Å². The standard InChI is InChI=1S/C15H13ClN2OS/c1-9(19)10-2-5-12(6-3-10)17-15-18-13-8-11(16)4-7-14(13)20-15/h2-9,19H,1H3,(H,17,18)/t9-/m1/s1. The van der Waals surface area contributed by atoms with E-state index in [2.05, 4.69) is 10.3 Å². The summed E-state index contributed by atoms with van der Waals surface area (Å²) in [5.74, 6) is 0. The van der Waals surface area contributed by atoms with Crippen molar-refractivity contribution in [3.8, 4) is 0 Å². The van der Waals surface area contributed by atoms with E-state index in [0.717, 1.165) is 26.6 Å². The van der Waals surface area contributed by atoms with Crippen molar-refractivity contribution in [2.24, 2.45) is 0 Å². The third-order valence-electron chi connectivity index (χ3n) is 2.99. The summed E-state index contributed by atoms with van der Waals surface area (Å²) in [6.07, 6.45) is -0.450. The van der Waals surface area contributed by atoms with E-state index in [1.807, 2.05) is 42.5 Å². The van der Waals surface area contributed by atoms with Gasteiger partial charge in [-0.3, -0.25) is 0 Å². The summed E-state index contributed by atoms with van der Waals surface area (Å²) < 4.78 is 1.09. The third kappa shape index (κ3) is 2.77. The molecule has 0 saturated heterocycles. The highest BCUT2D eigenvalue weighted by Crippen LogP contribution is 2.30. The Morgan fingerprint density at radius 2 is 1.95 bits per heavy atom. The second-order valence-corrected chi connectivity index (χ2v) is 6.02. The van der Waals surface area contributed by atoms with Gasteiger partial charge in [-0.25, -0.2) is 4.98 Å². The zero-order chi connectivity index (χ0) is 14.1. The fraction of sp³-hybridized carbons (Fsp3) is 0.133. The molecule has 20 heavy (non-hydrogen) atoms. The number of nitrogens with zero attached hydrogens (tertiary/aromatic N) is 1. The van der Waals surface area contributed by atoms with E-state index in [0.29, 0.717) is 5.02 Å². The highest BCUT2D eigenvalue weighted by Gasteiger charge is 2.05. The predicted molar refractivity (Wildman–Crippen MR) is 85.0 cm³/mol. The van der Waals surface area contributed by atoms with Gasteiger partial charge in [0.15, 0.2) is 5.13 Å². The molecule has 2 N–H and O–H groups in total. The first-order valence-corrected chi connectivity index (χ1v) is 7.42. The molecular formula is C15H13ClN2OS.